The highest BCUT2D eigenvalue weighted by Crippen LogP contribution is 2.30. The number of aromatic nitrogens is 1. The number of anilines is 1. The Bertz CT molecular complexity index is 862. The third-order valence-corrected chi connectivity index (χ3v) is 5.52. The molecule has 3 nitrogen and oxygen atoms in total. The summed E-state index contributed by atoms with van der Waals surface area (Å²) in [6.45, 7) is 0.604. The molecule has 0 aliphatic carbocycles. The van der Waals surface area contributed by atoms with E-state index >= 15 is 0 Å². The summed E-state index contributed by atoms with van der Waals surface area (Å²) in [6.07, 6.45) is 0.654. The Labute approximate surface area is 163 Å². The molecule has 2 N–H and O–H groups in total. The Balaban J connectivity index is 1.56. The minimum Gasteiger partial charge on any atom is -0.362 e. The van der Waals surface area contributed by atoms with Gasteiger partial charge in [-0.2, -0.15) is 0 Å². The second-order valence-electron chi connectivity index (χ2n) is 4.98. The van der Waals surface area contributed by atoms with Gasteiger partial charge in [0.2, 0.25) is 0 Å². The highest BCUT2D eigenvalue weighted by atomic mass is 35.5. The maximum Gasteiger partial charge on any atom is 0.190 e. The quantitative estimate of drug-likeness (QED) is 0.417. The fraction of sp³-hybridized carbons (Fsp3) is 0.125. The normalized spacial score (nSPS) is 10.8. The van der Waals surface area contributed by atoms with Gasteiger partial charge in [0.1, 0.15) is 0 Å². The molecule has 2 aromatic carbocycles. The molecule has 0 saturated carbocycles. The molecule has 0 aliphatic heterocycles. The van der Waals surface area contributed by atoms with E-state index in [9.17, 15) is 0 Å². The van der Waals surface area contributed by atoms with E-state index in [1.807, 2.05) is 30.3 Å². The maximum absolute atomic E-state index is 6.18. The third-order valence-electron chi connectivity index (χ3n) is 3.26. The molecule has 0 radical (unpaired) electrons. The number of fused-ring (bicyclic) bond motifs is 1. The van der Waals surface area contributed by atoms with Crippen molar-refractivity contribution in [1.29, 1.82) is 0 Å². The monoisotopic (exact) mass is 415 g/mol. The number of rotatable bonds is 4. The van der Waals surface area contributed by atoms with E-state index in [0.717, 1.165) is 20.9 Å². The summed E-state index contributed by atoms with van der Waals surface area (Å²) in [5.41, 5.74) is 1.83. The third kappa shape index (κ3) is 4.29. The molecule has 0 fully saturated rings. The lowest BCUT2D eigenvalue weighted by Gasteiger charge is -2.10. The fourth-order valence-corrected chi connectivity index (χ4v) is 4.04. The van der Waals surface area contributed by atoms with Crippen LogP contribution in [0.5, 0.6) is 0 Å². The largest absolute Gasteiger partial charge is 0.362 e. The molecule has 0 unspecified atom stereocenters. The lowest BCUT2D eigenvalue weighted by molar-refractivity contribution is 0.873. The van der Waals surface area contributed by atoms with Crippen LogP contribution < -0.4 is 10.6 Å². The van der Waals surface area contributed by atoms with E-state index < -0.39 is 0 Å². The van der Waals surface area contributed by atoms with Crippen molar-refractivity contribution in [2.45, 2.75) is 6.42 Å². The summed E-state index contributed by atoms with van der Waals surface area (Å²) < 4.78 is 1.11. The molecule has 124 valence electrons. The number of para-hydroxylation sites is 1. The Hall–Kier alpha value is -1.11. The second-order valence-corrected chi connectivity index (χ2v) is 7.64. The van der Waals surface area contributed by atoms with Crippen molar-refractivity contribution >= 4 is 78.8 Å². The van der Waals surface area contributed by atoms with Gasteiger partial charge in [-0.15, -0.1) is 0 Å². The minimum absolute atomic E-state index is 0.453. The van der Waals surface area contributed by atoms with E-state index in [0.29, 0.717) is 33.1 Å². The number of thiocarbonyl (C=S) groups is 1. The number of hydrogen-bond donors (Lipinski definition) is 2. The van der Waals surface area contributed by atoms with Crippen LogP contribution in [0.2, 0.25) is 15.1 Å². The first-order chi connectivity index (χ1) is 11.5. The predicted octanol–water partition coefficient (Wildman–Crippen LogP) is 5.79. The zero-order chi connectivity index (χ0) is 17.1. The molecule has 0 amide bonds. The van der Waals surface area contributed by atoms with Gasteiger partial charge in [0, 0.05) is 11.6 Å². The first kappa shape index (κ1) is 17.7. The zero-order valence-electron chi connectivity index (χ0n) is 12.3. The number of halogens is 3. The molecule has 1 aromatic heterocycles. The molecule has 3 aromatic rings. The lowest BCUT2D eigenvalue weighted by atomic mass is 10.1. The van der Waals surface area contributed by atoms with Crippen molar-refractivity contribution in [3.63, 3.8) is 0 Å². The maximum atomic E-state index is 6.18. The summed E-state index contributed by atoms with van der Waals surface area (Å²) in [7, 11) is 0. The van der Waals surface area contributed by atoms with Crippen molar-refractivity contribution < 1.29 is 0 Å². The zero-order valence-corrected chi connectivity index (χ0v) is 16.2. The van der Waals surface area contributed by atoms with Crippen LogP contribution in [0.15, 0.2) is 36.4 Å². The van der Waals surface area contributed by atoms with Gasteiger partial charge in [-0.25, -0.2) is 4.98 Å². The van der Waals surface area contributed by atoms with Crippen LogP contribution in [-0.2, 0) is 6.42 Å². The van der Waals surface area contributed by atoms with Crippen LogP contribution in [-0.4, -0.2) is 16.6 Å². The Morgan fingerprint density at radius 2 is 1.96 bits per heavy atom. The number of nitrogens with zero attached hydrogens (tertiary/aromatic N) is 1. The Morgan fingerprint density at radius 3 is 2.75 bits per heavy atom. The first-order valence-electron chi connectivity index (χ1n) is 7.07. The van der Waals surface area contributed by atoms with Gasteiger partial charge in [-0.3, -0.25) is 0 Å². The predicted molar refractivity (Wildman–Crippen MR) is 109 cm³/mol. The molecule has 24 heavy (non-hydrogen) atoms. The molecule has 3 rings (SSSR count). The van der Waals surface area contributed by atoms with E-state index in [-0.39, 0.29) is 0 Å². The number of nitrogens with one attached hydrogen (secondary N) is 2. The second kappa shape index (κ2) is 7.85. The van der Waals surface area contributed by atoms with E-state index in [4.69, 9.17) is 47.0 Å². The smallest absolute Gasteiger partial charge is 0.190 e. The van der Waals surface area contributed by atoms with Gasteiger partial charge in [0.25, 0.3) is 0 Å². The molecule has 0 bridgehead atoms. The molecule has 0 aliphatic rings. The molecule has 0 atom stereocenters. The molecular weight excluding hydrogens is 405 g/mol. The lowest BCUT2D eigenvalue weighted by Crippen LogP contribution is -2.30. The van der Waals surface area contributed by atoms with Crippen molar-refractivity contribution in [3.05, 3.63) is 57.0 Å². The van der Waals surface area contributed by atoms with Crippen LogP contribution >= 0.6 is 58.4 Å². The van der Waals surface area contributed by atoms with E-state index in [1.54, 1.807) is 17.4 Å². The highest BCUT2D eigenvalue weighted by molar-refractivity contribution is 7.80. The van der Waals surface area contributed by atoms with Crippen molar-refractivity contribution in [2.24, 2.45) is 0 Å². The molecular formula is C16H12Cl3N3S2. The molecule has 0 spiro atoms. The van der Waals surface area contributed by atoms with Gasteiger partial charge < -0.3 is 10.6 Å². The Morgan fingerprint density at radius 1 is 1.17 bits per heavy atom. The number of thiazole rings is 1. The SMILES string of the molecule is S=C(NCCc1cc(Cl)cc(Cl)c1Cl)Nc1nc2ccccc2s1. The highest BCUT2D eigenvalue weighted by Gasteiger charge is 2.08. The van der Waals surface area contributed by atoms with Crippen LogP contribution in [0.4, 0.5) is 5.13 Å². The van der Waals surface area contributed by atoms with Crippen LogP contribution in [0, 0.1) is 0 Å². The number of hydrogen-bond acceptors (Lipinski definition) is 3. The van der Waals surface area contributed by atoms with Crippen molar-refractivity contribution in [2.75, 3.05) is 11.9 Å². The van der Waals surface area contributed by atoms with Crippen LogP contribution in [0.25, 0.3) is 10.2 Å². The average Bonchev–Trinajstić information content (AvgIpc) is 2.94. The first-order valence-corrected chi connectivity index (χ1v) is 9.42. The summed E-state index contributed by atoms with van der Waals surface area (Å²) in [6, 6.07) is 11.4. The van der Waals surface area contributed by atoms with Crippen molar-refractivity contribution in [3.8, 4) is 0 Å². The standard InChI is InChI=1S/C16H12Cl3N3S2/c17-10-7-9(14(19)11(18)8-10)5-6-20-15(23)22-16-21-12-3-1-2-4-13(12)24-16/h1-4,7-8H,5-6H2,(H2,20,21,22,23). The summed E-state index contributed by atoms with van der Waals surface area (Å²) in [5.74, 6) is 0. The van der Waals surface area contributed by atoms with E-state index in [1.165, 1.54) is 0 Å². The van der Waals surface area contributed by atoms with Gasteiger partial charge in [0.15, 0.2) is 10.2 Å². The number of benzene rings is 2. The summed E-state index contributed by atoms with van der Waals surface area (Å²) in [4.78, 5) is 4.48. The van der Waals surface area contributed by atoms with Gasteiger partial charge in [-0.1, -0.05) is 58.3 Å². The topological polar surface area (TPSA) is 37.0 Å². The van der Waals surface area contributed by atoms with Crippen LogP contribution in [0.3, 0.4) is 0 Å². The average molecular weight is 417 g/mol. The summed E-state index contributed by atoms with van der Waals surface area (Å²) in [5, 5.41) is 9.04. The summed E-state index contributed by atoms with van der Waals surface area (Å²) >= 11 is 25.1. The van der Waals surface area contributed by atoms with Crippen molar-refractivity contribution in [1.82, 2.24) is 10.3 Å². The molecule has 0 saturated heterocycles. The molecule has 8 heteroatoms. The van der Waals surface area contributed by atoms with E-state index in [2.05, 4.69) is 15.6 Å². The van der Waals surface area contributed by atoms with Crippen LogP contribution in [0.1, 0.15) is 5.56 Å². The van der Waals surface area contributed by atoms with Gasteiger partial charge >= 0.3 is 0 Å². The fourth-order valence-electron chi connectivity index (χ4n) is 2.17. The Kier molecular flexibility index (Phi) is 5.79. The minimum atomic E-state index is 0.453. The molecule has 1 heterocycles. The van der Waals surface area contributed by atoms with Gasteiger partial charge in [0.05, 0.1) is 20.3 Å². The van der Waals surface area contributed by atoms with Gasteiger partial charge in [-0.05, 0) is 48.5 Å².